The molecule has 3 rings (SSSR count). The predicted molar refractivity (Wildman–Crippen MR) is 134 cm³/mol. The molecule has 1 heterocycles. The average Bonchev–Trinajstić information content (AvgIpc) is 3.29. The quantitative estimate of drug-likeness (QED) is 0.365. The molecule has 0 spiro atoms. The van der Waals surface area contributed by atoms with Gasteiger partial charge in [0.25, 0.3) is 0 Å². The van der Waals surface area contributed by atoms with Crippen molar-refractivity contribution in [3.63, 3.8) is 0 Å². The van der Waals surface area contributed by atoms with Crippen molar-refractivity contribution in [3.05, 3.63) is 65.2 Å². The van der Waals surface area contributed by atoms with Gasteiger partial charge in [-0.2, -0.15) is 0 Å². The van der Waals surface area contributed by atoms with Crippen molar-refractivity contribution in [2.24, 2.45) is 5.92 Å². The maximum absolute atomic E-state index is 12.6. The van der Waals surface area contributed by atoms with E-state index < -0.39 is 6.04 Å². The van der Waals surface area contributed by atoms with Gasteiger partial charge in [-0.25, -0.2) is 4.79 Å². The second-order valence-corrected chi connectivity index (χ2v) is 9.08. The van der Waals surface area contributed by atoms with Gasteiger partial charge in [-0.3, -0.25) is 14.9 Å². The lowest BCUT2D eigenvalue weighted by Gasteiger charge is -2.19. The summed E-state index contributed by atoms with van der Waals surface area (Å²) in [6.07, 6.45) is 0.603. The van der Waals surface area contributed by atoms with Crippen LogP contribution in [0.2, 0.25) is 0 Å². The molecule has 10 heteroatoms. The number of anilines is 3. The Kier molecular flexibility index (Phi) is 8.69. The van der Waals surface area contributed by atoms with E-state index in [0.29, 0.717) is 17.2 Å². The molecule has 2 aromatic carbocycles. The third-order valence-electron chi connectivity index (χ3n) is 4.92. The summed E-state index contributed by atoms with van der Waals surface area (Å²) in [5, 5.41) is 19.0. The number of urea groups is 1. The van der Waals surface area contributed by atoms with Gasteiger partial charge in [-0.1, -0.05) is 55.5 Å². The molecule has 178 valence electrons. The maximum atomic E-state index is 12.6. The summed E-state index contributed by atoms with van der Waals surface area (Å²) in [7, 11) is 0. The van der Waals surface area contributed by atoms with Crippen molar-refractivity contribution in [2.45, 2.75) is 39.7 Å². The number of nitrogens with zero attached hydrogens (tertiary/aromatic N) is 2. The summed E-state index contributed by atoms with van der Waals surface area (Å²) in [4.78, 5) is 37.5. The first-order valence-corrected chi connectivity index (χ1v) is 11.8. The number of benzene rings is 2. The third-order valence-corrected chi connectivity index (χ3v) is 5.53. The standard InChI is InChI=1S/C24H28N6O3S/c1-15(2)12-20(22(32)29-24-30-25-14-34-24)27-21(31)13-17-8-10-18(11-9-17)26-23(33)28-19-7-5-4-6-16(19)3/h4-11,14-15,20H,12-13H2,1-3H3,(H,27,31)(H2,26,28,33)(H,29,30,32)/t20-/m0/s1. The van der Waals surface area contributed by atoms with Gasteiger partial charge >= 0.3 is 6.03 Å². The maximum Gasteiger partial charge on any atom is 0.323 e. The molecule has 3 aromatic rings. The topological polar surface area (TPSA) is 125 Å². The first-order valence-electron chi connectivity index (χ1n) is 10.9. The van der Waals surface area contributed by atoms with Gasteiger partial charge < -0.3 is 16.0 Å². The molecule has 0 saturated heterocycles. The average molecular weight is 481 g/mol. The van der Waals surface area contributed by atoms with Crippen LogP contribution < -0.4 is 21.3 Å². The summed E-state index contributed by atoms with van der Waals surface area (Å²) in [6.45, 7) is 5.89. The zero-order valence-electron chi connectivity index (χ0n) is 19.3. The highest BCUT2D eigenvalue weighted by molar-refractivity contribution is 7.13. The SMILES string of the molecule is Cc1ccccc1NC(=O)Nc1ccc(CC(=O)N[C@@H](CC(C)C)C(=O)Nc2nncs2)cc1. The molecule has 4 amide bonds. The molecule has 4 N–H and O–H groups in total. The lowest BCUT2D eigenvalue weighted by Crippen LogP contribution is -2.45. The molecule has 0 aliphatic heterocycles. The van der Waals surface area contributed by atoms with Crippen molar-refractivity contribution < 1.29 is 14.4 Å². The molecule has 9 nitrogen and oxygen atoms in total. The van der Waals surface area contributed by atoms with Crippen molar-refractivity contribution >= 4 is 45.7 Å². The molecule has 0 fully saturated rings. The van der Waals surface area contributed by atoms with Gasteiger partial charge in [0.2, 0.25) is 16.9 Å². The molecule has 1 atom stereocenters. The van der Waals surface area contributed by atoms with E-state index >= 15 is 0 Å². The fourth-order valence-corrected chi connectivity index (χ4v) is 3.71. The van der Waals surface area contributed by atoms with Crippen LogP contribution in [0.3, 0.4) is 0 Å². The fourth-order valence-electron chi connectivity index (χ4n) is 3.26. The third kappa shape index (κ3) is 7.66. The van der Waals surface area contributed by atoms with Crippen LogP contribution in [0.5, 0.6) is 0 Å². The highest BCUT2D eigenvalue weighted by Crippen LogP contribution is 2.16. The van der Waals surface area contributed by atoms with Gasteiger partial charge in [0.1, 0.15) is 11.6 Å². The molecule has 34 heavy (non-hydrogen) atoms. The van der Waals surface area contributed by atoms with Crippen LogP contribution in [0.15, 0.2) is 54.0 Å². The Morgan fingerprint density at radius 3 is 2.35 bits per heavy atom. The first kappa shape index (κ1) is 24.8. The molecule has 0 saturated carbocycles. The largest absolute Gasteiger partial charge is 0.344 e. The van der Waals surface area contributed by atoms with E-state index in [2.05, 4.69) is 31.5 Å². The van der Waals surface area contributed by atoms with E-state index in [1.807, 2.05) is 45.0 Å². The Morgan fingerprint density at radius 1 is 0.971 bits per heavy atom. The van der Waals surface area contributed by atoms with E-state index in [4.69, 9.17) is 0 Å². The second kappa shape index (κ2) is 11.9. The number of aryl methyl sites for hydroxylation is 1. The lowest BCUT2D eigenvalue weighted by atomic mass is 10.0. The number of aromatic nitrogens is 2. The molecular weight excluding hydrogens is 452 g/mol. The predicted octanol–water partition coefficient (Wildman–Crippen LogP) is 4.20. The summed E-state index contributed by atoms with van der Waals surface area (Å²) < 4.78 is 0. The molecule has 0 bridgehead atoms. The van der Waals surface area contributed by atoms with E-state index in [9.17, 15) is 14.4 Å². The number of carbonyl (C=O) groups is 3. The fraction of sp³-hybridized carbons (Fsp3) is 0.292. The normalized spacial score (nSPS) is 11.5. The van der Waals surface area contributed by atoms with Crippen molar-refractivity contribution in [3.8, 4) is 0 Å². The second-order valence-electron chi connectivity index (χ2n) is 8.25. The summed E-state index contributed by atoms with van der Waals surface area (Å²) in [5.74, 6) is -0.379. The highest BCUT2D eigenvalue weighted by atomic mass is 32.1. The Balaban J connectivity index is 1.53. The van der Waals surface area contributed by atoms with Crippen LogP contribution in [0, 0.1) is 12.8 Å². The molecular formula is C24H28N6O3S. The van der Waals surface area contributed by atoms with Crippen molar-refractivity contribution in [2.75, 3.05) is 16.0 Å². The minimum atomic E-state index is -0.678. The summed E-state index contributed by atoms with van der Waals surface area (Å²) in [5.41, 5.74) is 4.59. The van der Waals surface area contributed by atoms with Gasteiger partial charge in [0.15, 0.2) is 0 Å². The Labute approximate surface area is 202 Å². The zero-order chi connectivity index (χ0) is 24.5. The smallest absolute Gasteiger partial charge is 0.323 e. The molecule has 1 aromatic heterocycles. The number of hydrogen-bond acceptors (Lipinski definition) is 6. The van der Waals surface area contributed by atoms with Gasteiger partial charge in [-0.15, -0.1) is 10.2 Å². The Hall–Kier alpha value is -3.79. The van der Waals surface area contributed by atoms with E-state index in [-0.39, 0.29) is 30.2 Å². The van der Waals surface area contributed by atoms with E-state index in [1.165, 1.54) is 16.8 Å². The van der Waals surface area contributed by atoms with Crippen LogP contribution in [-0.2, 0) is 16.0 Å². The van der Waals surface area contributed by atoms with Crippen molar-refractivity contribution in [1.29, 1.82) is 0 Å². The number of nitrogens with one attached hydrogen (secondary N) is 4. The van der Waals surface area contributed by atoms with E-state index in [1.54, 1.807) is 24.3 Å². The number of hydrogen-bond donors (Lipinski definition) is 4. The Bertz CT molecular complexity index is 1120. The molecule has 0 aliphatic rings. The minimum absolute atomic E-state index is 0.108. The number of rotatable bonds is 9. The number of para-hydroxylation sites is 1. The van der Waals surface area contributed by atoms with Crippen LogP contribution in [-0.4, -0.2) is 34.1 Å². The zero-order valence-corrected chi connectivity index (χ0v) is 20.1. The van der Waals surface area contributed by atoms with E-state index in [0.717, 1.165) is 16.8 Å². The molecule has 0 unspecified atom stereocenters. The van der Waals surface area contributed by atoms with Gasteiger partial charge in [0.05, 0.1) is 6.42 Å². The van der Waals surface area contributed by atoms with Crippen LogP contribution in [0.1, 0.15) is 31.4 Å². The van der Waals surface area contributed by atoms with Gasteiger partial charge in [0, 0.05) is 11.4 Å². The number of carbonyl (C=O) groups excluding carboxylic acids is 3. The molecule has 0 radical (unpaired) electrons. The number of amides is 4. The monoisotopic (exact) mass is 480 g/mol. The van der Waals surface area contributed by atoms with Crippen LogP contribution in [0.4, 0.5) is 21.3 Å². The molecule has 0 aliphatic carbocycles. The lowest BCUT2D eigenvalue weighted by molar-refractivity contribution is -0.126. The minimum Gasteiger partial charge on any atom is -0.344 e. The van der Waals surface area contributed by atoms with Gasteiger partial charge in [-0.05, 0) is 48.6 Å². The summed E-state index contributed by atoms with van der Waals surface area (Å²) >= 11 is 1.21. The Morgan fingerprint density at radius 2 is 1.71 bits per heavy atom. The van der Waals surface area contributed by atoms with Crippen molar-refractivity contribution in [1.82, 2.24) is 15.5 Å². The summed E-state index contributed by atoms with van der Waals surface area (Å²) in [6, 6.07) is 13.5. The first-order chi connectivity index (χ1) is 16.3. The highest BCUT2D eigenvalue weighted by Gasteiger charge is 2.23. The van der Waals surface area contributed by atoms with Crippen LogP contribution >= 0.6 is 11.3 Å². The van der Waals surface area contributed by atoms with Crippen LogP contribution in [0.25, 0.3) is 0 Å².